The molecule has 0 bridgehead atoms. The van der Waals surface area contributed by atoms with Crippen LogP contribution in [0.1, 0.15) is 19.8 Å². The molecular formula is C16H23BrClN3O2. The predicted molar refractivity (Wildman–Crippen MR) is 98.0 cm³/mol. The molecule has 0 saturated carbocycles. The van der Waals surface area contributed by atoms with Crippen LogP contribution in [0.5, 0.6) is 0 Å². The molecular weight excluding hydrogens is 382 g/mol. The molecule has 1 aromatic carbocycles. The van der Waals surface area contributed by atoms with Crippen LogP contribution >= 0.6 is 28.3 Å². The van der Waals surface area contributed by atoms with E-state index in [2.05, 4.69) is 33.5 Å². The van der Waals surface area contributed by atoms with Crippen LogP contribution in [0.4, 0.5) is 5.69 Å². The Hall–Kier alpha value is -1.11. The first kappa shape index (κ1) is 19.9. The molecule has 5 nitrogen and oxygen atoms in total. The zero-order chi connectivity index (χ0) is 15.9. The fraction of sp³-hybridized carbons (Fsp3) is 0.500. The second-order valence-corrected chi connectivity index (χ2v) is 6.27. The van der Waals surface area contributed by atoms with E-state index in [1.807, 2.05) is 24.3 Å². The lowest BCUT2D eigenvalue weighted by Gasteiger charge is -2.17. The number of nitrogens with one attached hydrogen (secondary N) is 2. The molecule has 1 fully saturated rings. The highest BCUT2D eigenvalue weighted by Gasteiger charge is 2.37. The summed E-state index contributed by atoms with van der Waals surface area (Å²) < 4.78 is 0.924. The molecule has 2 rings (SSSR count). The molecule has 1 saturated heterocycles. The van der Waals surface area contributed by atoms with Crippen molar-refractivity contribution in [2.24, 2.45) is 5.92 Å². The van der Waals surface area contributed by atoms with Crippen LogP contribution in [-0.4, -0.2) is 38.0 Å². The fourth-order valence-electron chi connectivity index (χ4n) is 2.52. The smallest absolute Gasteiger partial charge is 0.239 e. The van der Waals surface area contributed by atoms with Gasteiger partial charge in [0, 0.05) is 29.8 Å². The van der Waals surface area contributed by atoms with Gasteiger partial charge in [-0.25, -0.2) is 0 Å². The molecule has 2 amide bonds. The molecule has 0 aromatic heterocycles. The van der Waals surface area contributed by atoms with E-state index in [0.717, 1.165) is 29.7 Å². The number of anilines is 1. The Bertz CT molecular complexity index is 542. The number of hydrogen-bond acceptors (Lipinski definition) is 3. The lowest BCUT2D eigenvalue weighted by molar-refractivity contribution is -0.132. The number of hydrogen-bond donors (Lipinski definition) is 2. The molecule has 1 aliphatic rings. The molecule has 1 aliphatic heterocycles. The van der Waals surface area contributed by atoms with Gasteiger partial charge < -0.3 is 15.5 Å². The van der Waals surface area contributed by atoms with Crippen LogP contribution in [0, 0.1) is 5.92 Å². The van der Waals surface area contributed by atoms with Crippen LogP contribution in [0.25, 0.3) is 0 Å². The Labute approximate surface area is 151 Å². The normalized spacial score (nSPS) is 17.0. The van der Waals surface area contributed by atoms with Gasteiger partial charge in [-0.05, 0) is 37.6 Å². The van der Waals surface area contributed by atoms with E-state index < -0.39 is 5.92 Å². The summed E-state index contributed by atoms with van der Waals surface area (Å²) in [5.74, 6) is -0.844. The monoisotopic (exact) mass is 403 g/mol. The molecule has 128 valence electrons. The third-order valence-corrected chi connectivity index (χ3v) is 4.16. The maximum absolute atomic E-state index is 12.4. The minimum absolute atomic E-state index is 0. The van der Waals surface area contributed by atoms with E-state index in [-0.39, 0.29) is 24.2 Å². The van der Waals surface area contributed by atoms with Crippen LogP contribution in [-0.2, 0) is 9.59 Å². The quantitative estimate of drug-likeness (QED) is 0.542. The highest BCUT2D eigenvalue weighted by molar-refractivity contribution is 9.10. The van der Waals surface area contributed by atoms with Crippen molar-refractivity contribution < 1.29 is 9.59 Å². The van der Waals surface area contributed by atoms with Crippen molar-refractivity contribution in [2.45, 2.75) is 19.8 Å². The van der Waals surface area contributed by atoms with Crippen molar-refractivity contribution in [3.63, 3.8) is 0 Å². The van der Waals surface area contributed by atoms with Gasteiger partial charge >= 0.3 is 0 Å². The average molecular weight is 405 g/mol. The molecule has 0 aliphatic carbocycles. The van der Waals surface area contributed by atoms with Gasteiger partial charge in [0.25, 0.3) is 0 Å². The first-order valence-corrected chi connectivity index (χ1v) is 8.48. The number of amides is 2. The van der Waals surface area contributed by atoms with Gasteiger partial charge in [-0.1, -0.05) is 28.9 Å². The van der Waals surface area contributed by atoms with Gasteiger partial charge in [0.15, 0.2) is 0 Å². The Morgan fingerprint density at radius 2 is 2.13 bits per heavy atom. The standard InChI is InChI=1S/C16H22BrN3O2.ClH/c1-2-7-18-8-9-19-15(21)14-6-10-20(16(14)22)13-5-3-4-12(17)11-13;/h3-5,11,14,18H,2,6-10H2,1H3,(H,19,21);1H. The van der Waals surface area contributed by atoms with Crippen molar-refractivity contribution in [3.8, 4) is 0 Å². The third-order valence-electron chi connectivity index (χ3n) is 3.67. The number of halogens is 2. The number of rotatable bonds is 7. The van der Waals surface area contributed by atoms with Gasteiger partial charge in [-0.2, -0.15) is 0 Å². The maximum atomic E-state index is 12.4. The summed E-state index contributed by atoms with van der Waals surface area (Å²) in [5.41, 5.74) is 0.833. The Kier molecular flexibility index (Phi) is 8.58. The maximum Gasteiger partial charge on any atom is 0.239 e. The number of carbonyl (C=O) groups is 2. The van der Waals surface area contributed by atoms with Gasteiger partial charge in [-0.15, -0.1) is 12.4 Å². The summed E-state index contributed by atoms with van der Waals surface area (Å²) in [4.78, 5) is 26.2. The van der Waals surface area contributed by atoms with E-state index in [0.29, 0.717) is 19.5 Å². The van der Waals surface area contributed by atoms with Crippen LogP contribution in [0.3, 0.4) is 0 Å². The number of carbonyl (C=O) groups excluding carboxylic acids is 2. The number of benzene rings is 1. The van der Waals surface area contributed by atoms with Crippen LogP contribution in [0.2, 0.25) is 0 Å². The van der Waals surface area contributed by atoms with Crippen molar-refractivity contribution in [1.82, 2.24) is 10.6 Å². The Balaban J connectivity index is 0.00000264. The van der Waals surface area contributed by atoms with Crippen LogP contribution in [0.15, 0.2) is 28.7 Å². The minimum Gasteiger partial charge on any atom is -0.354 e. The molecule has 1 unspecified atom stereocenters. The second kappa shape index (κ2) is 9.90. The summed E-state index contributed by atoms with van der Waals surface area (Å²) in [5, 5.41) is 6.06. The lowest BCUT2D eigenvalue weighted by Crippen LogP contribution is -2.39. The zero-order valence-corrected chi connectivity index (χ0v) is 15.6. The molecule has 0 radical (unpaired) electrons. The Morgan fingerprint density at radius 1 is 1.35 bits per heavy atom. The lowest BCUT2D eigenvalue weighted by atomic mass is 10.1. The summed E-state index contributed by atoms with van der Waals surface area (Å²) in [7, 11) is 0. The first-order valence-electron chi connectivity index (χ1n) is 7.69. The molecule has 0 spiro atoms. The van der Waals surface area contributed by atoms with E-state index in [4.69, 9.17) is 0 Å². The summed E-state index contributed by atoms with van der Waals surface area (Å²) >= 11 is 3.40. The third kappa shape index (κ3) is 5.48. The average Bonchev–Trinajstić information content (AvgIpc) is 2.88. The highest BCUT2D eigenvalue weighted by atomic mass is 79.9. The molecule has 7 heteroatoms. The molecule has 2 N–H and O–H groups in total. The largest absolute Gasteiger partial charge is 0.354 e. The van der Waals surface area contributed by atoms with Gasteiger partial charge in [0.05, 0.1) is 0 Å². The molecule has 23 heavy (non-hydrogen) atoms. The van der Waals surface area contributed by atoms with Gasteiger partial charge in [-0.3, -0.25) is 9.59 Å². The Morgan fingerprint density at radius 3 is 2.83 bits per heavy atom. The summed E-state index contributed by atoms with van der Waals surface area (Å²) in [6.07, 6.45) is 1.64. The van der Waals surface area contributed by atoms with E-state index >= 15 is 0 Å². The highest BCUT2D eigenvalue weighted by Crippen LogP contribution is 2.27. The van der Waals surface area contributed by atoms with Gasteiger partial charge in [0.1, 0.15) is 5.92 Å². The van der Waals surface area contributed by atoms with E-state index in [9.17, 15) is 9.59 Å². The van der Waals surface area contributed by atoms with Crippen molar-refractivity contribution in [3.05, 3.63) is 28.7 Å². The van der Waals surface area contributed by atoms with Crippen molar-refractivity contribution >= 4 is 45.8 Å². The van der Waals surface area contributed by atoms with Crippen molar-refractivity contribution in [2.75, 3.05) is 31.1 Å². The van der Waals surface area contributed by atoms with E-state index in [1.54, 1.807) is 4.90 Å². The summed E-state index contributed by atoms with van der Waals surface area (Å²) in [6.45, 7) is 4.91. The molecule has 1 atom stereocenters. The first-order chi connectivity index (χ1) is 10.6. The topological polar surface area (TPSA) is 61.4 Å². The number of nitrogens with zero attached hydrogens (tertiary/aromatic N) is 1. The second-order valence-electron chi connectivity index (χ2n) is 5.35. The van der Waals surface area contributed by atoms with E-state index in [1.165, 1.54) is 0 Å². The zero-order valence-electron chi connectivity index (χ0n) is 13.2. The SMILES string of the molecule is CCCNCCNC(=O)C1CCN(c2cccc(Br)c2)C1=O.Cl. The van der Waals surface area contributed by atoms with Crippen molar-refractivity contribution in [1.29, 1.82) is 0 Å². The minimum atomic E-state index is -0.565. The van der Waals surface area contributed by atoms with Gasteiger partial charge in [0.2, 0.25) is 11.8 Å². The molecule has 1 aromatic rings. The fourth-order valence-corrected chi connectivity index (χ4v) is 2.91. The molecule has 1 heterocycles. The summed E-state index contributed by atoms with van der Waals surface area (Å²) in [6, 6.07) is 7.58. The predicted octanol–water partition coefficient (Wildman–Crippen LogP) is 2.34. The van der Waals surface area contributed by atoms with Crippen LogP contribution < -0.4 is 15.5 Å².